The summed E-state index contributed by atoms with van der Waals surface area (Å²) in [6.07, 6.45) is 5.71. The molecule has 0 saturated heterocycles. The Bertz CT molecular complexity index is 421. The molecule has 0 aromatic heterocycles. The summed E-state index contributed by atoms with van der Waals surface area (Å²) in [5, 5.41) is 0.716. The van der Waals surface area contributed by atoms with E-state index in [4.69, 9.17) is 11.6 Å². The smallest absolute Gasteiger partial charge is 0.166 e. The highest BCUT2D eigenvalue weighted by Crippen LogP contribution is 2.30. The van der Waals surface area contributed by atoms with Gasteiger partial charge in [-0.1, -0.05) is 23.8 Å². The van der Waals surface area contributed by atoms with Gasteiger partial charge in [0, 0.05) is 16.5 Å². The standard InChI is InChI=1S/C13H13ClO/c1-2-3-4-9-7-10-8-11(14)5-6-12(10)13(9)15/h2-3,5-6,8-9H,4,7H2,1H3/t9-/m0/s1. The summed E-state index contributed by atoms with van der Waals surface area (Å²) in [5.41, 5.74) is 1.95. The Morgan fingerprint density at radius 3 is 3.07 bits per heavy atom. The lowest BCUT2D eigenvalue weighted by atomic mass is 10.0. The summed E-state index contributed by atoms with van der Waals surface area (Å²) in [4.78, 5) is 11.9. The molecule has 0 heterocycles. The molecule has 0 N–H and O–H groups in total. The van der Waals surface area contributed by atoms with Gasteiger partial charge in [0.1, 0.15) is 0 Å². The molecule has 0 saturated carbocycles. The van der Waals surface area contributed by atoms with Crippen LogP contribution >= 0.6 is 11.6 Å². The normalized spacial score (nSPS) is 19.9. The van der Waals surface area contributed by atoms with Gasteiger partial charge in [0.05, 0.1) is 0 Å². The van der Waals surface area contributed by atoms with Gasteiger partial charge in [-0.2, -0.15) is 0 Å². The van der Waals surface area contributed by atoms with Crippen LogP contribution in [0.25, 0.3) is 0 Å². The van der Waals surface area contributed by atoms with Crippen LogP contribution in [0, 0.1) is 5.92 Å². The zero-order valence-corrected chi connectivity index (χ0v) is 9.42. The molecular weight excluding hydrogens is 208 g/mol. The first kappa shape index (κ1) is 10.4. The number of carbonyl (C=O) groups is 1. The molecule has 1 aliphatic carbocycles. The van der Waals surface area contributed by atoms with Gasteiger partial charge in [-0.05, 0) is 43.5 Å². The molecule has 2 heteroatoms. The van der Waals surface area contributed by atoms with Crippen molar-refractivity contribution in [1.29, 1.82) is 0 Å². The second-order valence-electron chi connectivity index (χ2n) is 3.87. The predicted octanol–water partition coefficient (Wildman–Crippen LogP) is 3.66. The number of Topliss-reactive ketones (excluding diaryl/α,β-unsaturated/α-hetero) is 1. The number of rotatable bonds is 2. The number of allylic oxidation sites excluding steroid dienone is 2. The molecule has 1 nitrogen and oxygen atoms in total. The topological polar surface area (TPSA) is 17.1 Å². The van der Waals surface area contributed by atoms with Crippen molar-refractivity contribution in [3.63, 3.8) is 0 Å². The fourth-order valence-corrected chi connectivity index (χ4v) is 2.24. The Hall–Kier alpha value is -1.08. The fraction of sp³-hybridized carbons (Fsp3) is 0.308. The summed E-state index contributed by atoms with van der Waals surface area (Å²) < 4.78 is 0. The number of hydrogen-bond acceptors (Lipinski definition) is 1. The van der Waals surface area contributed by atoms with E-state index in [1.807, 2.05) is 25.1 Å². The summed E-state index contributed by atoms with van der Waals surface area (Å²) in [6, 6.07) is 5.54. The summed E-state index contributed by atoms with van der Waals surface area (Å²) >= 11 is 5.90. The minimum Gasteiger partial charge on any atom is -0.294 e. The van der Waals surface area contributed by atoms with Gasteiger partial charge in [-0.25, -0.2) is 0 Å². The van der Waals surface area contributed by atoms with Crippen LogP contribution < -0.4 is 0 Å². The highest BCUT2D eigenvalue weighted by Gasteiger charge is 2.29. The number of halogens is 1. The van der Waals surface area contributed by atoms with Crippen molar-refractivity contribution in [2.24, 2.45) is 5.92 Å². The van der Waals surface area contributed by atoms with E-state index in [2.05, 4.69) is 6.08 Å². The van der Waals surface area contributed by atoms with E-state index in [1.54, 1.807) is 6.07 Å². The maximum absolute atomic E-state index is 11.9. The van der Waals surface area contributed by atoms with E-state index in [-0.39, 0.29) is 11.7 Å². The second kappa shape index (κ2) is 4.19. The van der Waals surface area contributed by atoms with Gasteiger partial charge in [-0.15, -0.1) is 0 Å². The van der Waals surface area contributed by atoms with E-state index >= 15 is 0 Å². The zero-order chi connectivity index (χ0) is 10.8. The molecule has 0 spiro atoms. The fourth-order valence-electron chi connectivity index (χ4n) is 2.04. The molecular formula is C13H13ClO. The molecule has 1 aliphatic rings. The Morgan fingerprint density at radius 2 is 2.33 bits per heavy atom. The van der Waals surface area contributed by atoms with Crippen LogP contribution in [0.2, 0.25) is 5.02 Å². The van der Waals surface area contributed by atoms with Gasteiger partial charge in [0.25, 0.3) is 0 Å². The SMILES string of the molecule is CC=CC[C@H]1Cc2cc(Cl)ccc2C1=O. The van der Waals surface area contributed by atoms with Crippen LogP contribution in [0.5, 0.6) is 0 Å². The van der Waals surface area contributed by atoms with Crippen LogP contribution in [-0.2, 0) is 6.42 Å². The number of benzene rings is 1. The molecule has 0 radical (unpaired) electrons. The van der Waals surface area contributed by atoms with E-state index < -0.39 is 0 Å². The molecule has 78 valence electrons. The molecule has 1 aromatic rings. The molecule has 0 bridgehead atoms. The third kappa shape index (κ3) is 1.98. The van der Waals surface area contributed by atoms with Crippen LogP contribution in [0.15, 0.2) is 30.4 Å². The molecule has 0 fully saturated rings. The number of carbonyl (C=O) groups excluding carboxylic acids is 1. The number of fused-ring (bicyclic) bond motifs is 1. The lowest BCUT2D eigenvalue weighted by Gasteiger charge is -2.01. The molecule has 0 aliphatic heterocycles. The Balaban J connectivity index is 2.25. The average Bonchev–Trinajstić information content (AvgIpc) is 2.52. The molecule has 15 heavy (non-hydrogen) atoms. The largest absolute Gasteiger partial charge is 0.294 e. The van der Waals surface area contributed by atoms with Crippen molar-refractivity contribution in [3.8, 4) is 0 Å². The lowest BCUT2D eigenvalue weighted by Crippen LogP contribution is -2.07. The van der Waals surface area contributed by atoms with Crippen molar-refractivity contribution in [2.45, 2.75) is 19.8 Å². The van der Waals surface area contributed by atoms with Crippen molar-refractivity contribution >= 4 is 17.4 Å². The summed E-state index contributed by atoms with van der Waals surface area (Å²) in [6.45, 7) is 1.98. The predicted molar refractivity (Wildman–Crippen MR) is 62.4 cm³/mol. The lowest BCUT2D eigenvalue weighted by molar-refractivity contribution is 0.0938. The van der Waals surface area contributed by atoms with Gasteiger partial charge in [-0.3, -0.25) is 4.79 Å². The number of hydrogen-bond donors (Lipinski definition) is 0. The molecule has 0 amide bonds. The van der Waals surface area contributed by atoms with E-state index in [0.29, 0.717) is 5.02 Å². The Morgan fingerprint density at radius 1 is 1.53 bits per heavy atom. The minimum absolute atomic E-state index is 0.120. The average molecular weight is 221 g/mol. The first-order chi connectivity index (χ1) is 7.22. The van der Waals surface area contributed by atoms with Gasteiger partial charge >= 0.3 is 0 Å². The Kier molecular flexibility index (Phi) is 2.92. The van der Waals surface area contributed by atoms with Crippen LogP contribution in [0.3, 0.4) is 0 Å². The zero-order valence-electron chi connectivity index (χ0n) is 8.66. The van der Waals surface area contributed by atoms with Crippen molar-refractivity contribution in [1.82, 2.24) is 0 Å². The maximum Gasteiger partial charge on any atom is 0.166 e. The summed E-state index contributed by atoms with van der Waals surface area (Å²) in [5.74, 6) is 0.384. The first-order valence-electron chi connectivity index (χ1n) is 5.16. The highest BCUT2D eigenvalue weighted by atomic mass is 35.5. The van der Waals surface area contributed by atoms with Crippen molar-refractivity contribution < 1.29 is 4.79 Å². The van der Waals surface area contributed by atoms with E-state index in [9.17, 15) is 4.79 Å². The maximum atomic E-state index is 11.9. The minimum atomic E-state index is 0.120. The molecule has 2 rings (SSSR count). The number of ketones is 1. The second-order valence-corrected chi connectivity index (χ2v) is 4.31. The monoisotopic (exact) mass is 220 g/mol. The third-order valence-electron chi connectivity index (χ3n) is 2.83. The van der Waals surface area contributed by atoms with Crippen molar-refractivity contribution in [2.75, 3.05) is 0 Å². The van der Waals surface area contributed by atoms with Crippen LogP contribution in [-0.4, -0.2) is 5.78 Å². The Labute approximate surface area is 94.8 Å². The van der Waals surface area contributed by atoms with E-state index in [0.717, 1.165) is 24.0 Å². The van der Waals surface area contributed by atoms with Gasteiger partial charge in [0.15, 0.2) is 5.78 Å². The van der Waals surface area contributed by atoms with E-state index in [1.165, 1.54) is 0 Å². The van der Waals surface area contributed by atoms with Crippen molar-refractivity contribution in [3.05, 3.63) is 46.5 Å². The molecule has 1 aromatic carbocycles. The third-order valence-corrected chi connectivity index (χ3v) is 3.06. The summed E-state index contributed by atoms with van der Waals surface area (Å²) in [7, 11) is 0. The van der Waals surface area contributed by atoms with Gasteiger partial charge in [0.2, 0.25) is 0 Å². The van der Waals surface area contributed by atoms with Gasteiger partial charge < -0.3 is 0 Å². The first-order valence-corrected chi connectivity index (χ1v) is 5.54. The van der Waals surface area contributed by atoms with Crippen LogP contribution in [0.1, 0.15) is 29.3 Å². The quantitative estimate of drug-likeness (QED) is 0.696. The van der Waals surface area contributed by atoms with Crippen LogP contribution in [0.4, 0.5) is 0 Å². The highest BCUT2D eigenvalue weighted by molar-refractivity contribution is 6.30. The molecule has 1 atom stereocenters. The molecule has 0 unspecified atom stereocenters.